The summed E-state index contributed by atoms with van der Waals surface area (Å²) in [6, 6.07) is 7.63. The van der Waals surface area contributed by atoms with Crippen molar-refractivity contribution in [2.24, 2.45) is 0 Å². The zero-order chi connectivity index (χ0) is 12.2. The SMILES string of the molecule is C[C@H](NCCS(C)(=O)=O)c1cccc(Cl)c1. The van der Waals surface area contributed by atoms with Gasteiger partial charge in [-0.2, -0.15) is 0 Å². The highest BCUT2D eigenvalue weighted by Crippen LogP contribution is 2.16. The van der Waals surface area contributed by atoms with Crippen molar-refractivity contribution in [3.8, 4) is 0 Å². The van der Waals surface area contributed by atoms with Crippen LogP contribution < -0.4 is 5.32 Å². The van der Waals surface area contributed by atoms with Crippen LogP contribution in [-0.2, 0) is 9.84 Å². The molecule has 0 bridgehead atoms. The molecule has 0 fully saturated rings. The van der Waals surface area contributed by atoms with Gasteiger partial charge in [-0.1, -0.05) is 23.7 Å². The fourth-order valence-electron chi connectivity index (χ4n) is 1.35. The molecule has 0 radical (unpaired) electrons. The summed E-state index contributed by atoms with van der Waals surface area (Å²) in [4.78, 5) is 0. The van der Waals surface area contributed by atoms with Crippen LogP contribution in [0.25, 0.3) is 0 Å². The van der Waals surface area contributed by atoms with E-state index in [4.69, 9.17) is 11.6 Å². The first kappa shape index (κ1) is 13.5. The van der Waals surface area contributed by atoms with Crippen LogP contribution in [0.5, 0.6) is 0 Å². The minimum Gasteiger partial charge on any atom is -0.309 e. The fraction of sp³-hybridized carbons (Fsp3) is 0.455. The first-order valence-corrected chi connectivity index (χ1v) is 7.49. The molecule has 90 valence electrons. The van der Waals surface area contributed by atoms with Crippen molar-refractivity contribution in [2.45, 2.75) is 13.0 Å². The second-order valence-corrected chi connectivity index (χ2v) is 6.56. The zero-order valence-corrected chi connectivity index (χ0v) is 11.0. The van der Waals surface area contributed by atoms with E-state index in [9.17, 15) is 8.42 Å². The lowest BCUT2D eigenvalue weighted by atomic mass is 10.1. The predicted molar refractivity (Wildman–Crippen MR) is 67.6 cm³/mol. The van der Waals surface area contributed by atoms with E-state index in [0.717, 1.165) is 5.56 Å². The van der Waals surface area contributed by atoms with E-state index < -0.39 is 9.84 Å². The average Bonchev–Trinajstić information content (AvgIpc) is 2.15. The summed E-state index contributed by atoms with van der Waals surface area (Å²) in [5.74, 6) is 0.151. The molecule has 0 spiro atoms. The Hall–Kier alpha value is -0.580. The zero-order valence-electron chi connectivity index (χ0n) is 9.40. The minimum atomic E-state index is -2.90. The number of nitrogens with one attached hydrogen (secondary N) is 1. The van der Waals surface area contributed by atoms with Crippen molar-refractivity contribution in [3.05, 3.63) is 34.9 Å². The quantitative estimate of drug-likeness (QED) is 0.882. The Balaban J connectivity index is 2.50. The molecule has 1 aromatic carbocycles. The Kier molecular flexibility index (Phi) is 4.77. The predicted octanol–water partition coefficient (Wildman–Crippen LogP) is 2.04. The molecule has 1 rings (SSSR count). The highest BCUT2D eigenvalue weighted by Gasteiger charge is 2.07. The lowest BCUT2D eigenvalue weighted by Gasteiger charge is -2.13. The molecule has 16 heavy (non-hydrogen) atoms. The van der Waals surface area contributed by atoms with E-state index in [1.54, 1.807) is 0 Å². The van der Waals surface area contributed by atoms with Gasteiger partial charge in [0.05, 0.1) is 5.75 Å². The van der Waals surface area contributed by atoms with Gasteiger partial charge >= 0.3 is 0 Å². The van der Waals surface area contributed by atoms with Gasteiger partial charge in [-0.15, -0.1) is 0 Å². The monoisotopic (exact) mass is 261 g/mol. The van der Waals surface area contributed by atoms with Gasteiger partial charge in [0.25, 0.3) is 0 Å². The van der Waals surface area contributed by atoms with Crippen molar-refractivity contribution < 1.29 is 8.42 Å². The fourth-order valence-corrected chi connectivity index (χ4v) is 2.04. The summed E-state index contributed by atoms with van der Waals surface area (Å²) < 4.78 is 21.9. The van der Waals surface area contributed by atoms with Gasteiger partial charge in [-0.25, -0.2) is 8.42 Å². The molecule has 1 N–H and O–H groups in total. The molecule has 1 aromatic rings. The van der Waals surface area contributed by atoms with Crippen molar-refractivity contribution in [2.75, 3.05) is 18.6 Å². The van der Waals surface area contributed by atoms with Crippen LogP contribution in [0.15, 0.2) is 24.3 Å². The van der Waals surface area contributed by atoms with E-state index in [2.05, 4.69) is 5.32 Å². The Morgan fingerprint density at radius 1 is 1.44 bits per heavy atom. The smallest absolute Gasteiger partial charge is 0.148 e. The number of rotatable bonds is 5. The van der Waals surface area contributed by atoms with E-state index >= 15 is 0 Å². The van der Waals surface area contributed by atoms with Crippen molar-refractivity contribution >= 4 is 21.4 Å². The third-order valence-corrected chi connectivity index (χ3v) is 3.45. The number of halogens is 1. The van der Waals surface area contributed by atoms with Gasteiger partial charge in [-0.05, 0) is 24.6 Å². The standard InChI is InChI=1S/C11H16ClNO2S/c1-9(13-6-7-16(2,14)15)10-4-3-5-11(12)8-10/h3-5,8-9,13H,6-7H2,1-2H3/t9-/m0/s1. The minimum absolute atomic E-state index is 0.0976. The Morgan fingerprint density at radius 2 is 2.12 bits per heavy atom. The van der Waals surface area contributed by atoms with Crippen LogP contribution in [0.1, 0.15) is 18.5 Å². The maximum absolute atomic E-state index is 10.9. The van der Waals surface area contributed by atoms with E-state index in [0.29, 0.717) is 11.6 Å². The number of hydrogen-bond donors (Lipinski definition) is 1. The van der Waals surface area contributed by atoms with Gasteiger partial charge in [0.2, 0.25) is 0 Å². The van der Waals surface area contributed by atoms with Gasteiger partial charge < -0.3 is 5.32 Å². The molecule has 0 saturated carbocycles. The topological polar surface area (TPSA) is 46.2 Å². The number of benzene rings is 1. The molecule has 5 heteroatoms. The van der Waals surface area contributed by atoms with E-state index in [-0.39, 0.29) is 11.8 Å². The summed E-state index contributed by atoms with van der Waals surface area (Å²) in [5, 5.41) is 3.83. The van der Waals surface area contributed by atoms with Gasteiger partial charge in [0, 0.05) is 23.9 Å². The third kappa shape index (κ3) is 4.96. The molecular weight excluding hydrogens is 246 g/mol. The molecule has 0 unspecified atom stereocenters. The number of hydrogen-bond acceptors (Lipinski definition) is 3. The Labute approximate surface area is 102 Å². The van der Waals surface area contributed by atoms with Crippen LogP contribution >= 0.6 is 11.6 Å². The lowest BCUT2D eigenvalue weighted by molar-refractivity contribution is 0.576. The summed E-state index contributed by atoms with van der Waals surface area (Å²) in [7, 11) is -2.90. The first-order chi connectivity index (χ1) is 7.38. The van der Waals surface area contributed by atoms with Crippen molar-refractivity contribution in [1.29, 1.82) is 0 Å². The largest absolute Gasteiger partial charge is 0.309 e. The normalized spacial score (nSPS) is 13.7. The van der Waals surface area contributed by atoms with Gasteiger partial charge in [0.1, 0.15) is 9.84 Å². The maximum atomic E-state index is 10.9. The van der Waals surface area contributed by atoms with Gasteiger partial charge in [-0.3, -0.25) is 0 Å². The molecule has 0 heterocycles. The molecule has 0 aromatic heterocycles. The maximum Gasteiger partial charge on any atom is 0.148 e. The highest BCUT2D eigenvalue weighted by atomic mass is 35.5. The molecule has 0 saturated heterocycles. The summed E-state index contributed by atoms with van der Waals surface area (Å²) >= 11 is 5.87. The second kappa shape index (κ2) is 5.66. The lowest BCUT2D eigenvalue weighted by Crippen LogP contribution is -2.25. The summed E-state index contributed by atoms with van der Waals surface area (Å²) in [5.41, 5.74) is 1.06. The van der Waals surface area contributed by atoms with Crippen molar-refractivity contribution in [1.82, 2.24) is 5.32 Å². The van der Waals surface area contributed by atoms with Crippen LogP contribution in [-0.4, -0.2) is 27.0 Å². The summed E-state index contributed by atoms with van der Waals surface area (Å²) in [6.07, 6.45) is 1.23. The first-order valence-electron chi connectivity index (χ1n) is 5.05. The van der Waals surface area contributed by atoms with E-state index in [1.807, 2.05) is 31.2 Å². The third-order valence-electron chi connectivity index (χ3n) is 2.27. The second-order valence-electron chi connectivity index (χ2n) is 3.86. The molecule has 0 amide bonds. The molecule has 3 nitrogen and oxygen atoms in total. The number of sulfone groups is 1. The van der Waals surface area contributed by atoms with Gasteiger partial charge in [0.15, 0.2) is 0 Å². The molecule has 0 aliphatic rings. The Morgan fingerprint density at radius 3 is 2.69 bits per heavy atom. The van der Waals surface area contributed by atoms with E-state index in [1.165, 1.54) is 6.26 Å². The van der Waals surface area contributed by atoms with Crippen LogP contribution in [0, 0.1) is 0 Å². The van der Waals surface area contributed by atoms with Crippen molar-refractivity contribution in [3.63, 3.8) is 0 Å². The highest BCUT2D eigenvalue weighted by molar-refractivity contribution is 7.90. The average molecular weight is 262 g/mol. The molecule has 1 atom stereocenters. The molecule has 0 aliphatic carbocycles. The molecule has 0 aliphatic heterocycles. The van der Waals surface area contributed by atoms with Crippen LogP contribution in [0.3, 0.4) is 0 Å². The summed E-state index contributed by atoms with van der Waals surface area (Å²) in [6.45, 7) is 2.43. The van der Waals surface area contributed by atoms with Crippen LogP contribution in [0.2, 0.25) is 5.02 Å². The van der Waals surface area contributed by atoms with Crippen LogP contribution in [0.4, 0.5) is 0 Å². The molecular formula is C11H16ClNO2S. The Bertz CT molecular complexity index is 445.